The van der Waals surface area contributed by atoms with Crippen LogP contribution in [0, 0.1) is 5.82 Å². The van der Waals surface area contributed by atoms with Gasteiger partial charge in [0.25, 0.3) is 5.91 Å². The van der Waals surface area contributed by atoms with Crippen LogP contribution in [0.5, 0.6) is 0 Å². The Kier molecular flexibility index (Phi) is 8.08. The van der Waals surface area contributed by atoms with Crippen molar-refractivity contribution in [2.24, 2.45) is 5.16 Å². The summed E-state index contributed by atoms with van der Waals surface area (Å²) in [6.45, 7) is 4.34. The Hall–Kier alpha value is -4.37. The molecule has 2 fully saturated rings. The Morgan fingerprint density at radius 1 is 1.16 bits per heavy atom. The van der Waals surface area contributed by atoms with Crippen molar-refractivity contribution in [3.63, 3.8) is 0 Å². The molecule has 0 unspecified atom stereocenters. The summed E-state index contributed by atoms with van der Waals surface area (Å²) in [6.07, 6.45) is 3.15. The minimum atomic E-state index is -0.834. The van der Waals surface area contributed by atoms with Crippen LogP contribution in [0.25, 0.3) is 11.2 Å². The molecule has 13 nitrogen and oxygen atoms in total. The number of benzene rings is 1. The fourth-order valence-electron chi connectivity index (χ4n) is 5.26. The first kappa shape index (κ1) is 28.7. The number of anilines is 1. The van der Waals surface area contributed by atoms with Crippen molar-refractivity contribution in [2.75, 3.05) is 18.5 Å². The molecule has 2 aliphatic rings. The molecule has 3 aromatic heterocycles. The van der Waals surface area contributed by atoms with Crippen LogP contribution < -0.4 is 5.32 Å². The standard InChI is InChI=1S/C29H30FN7O6/c1-29(2)42-23-21(14-40-12-6-9-18-10-11-19(30)20(35-18)13-34-39)41-28(24(23)43-29)37-16-33-22-25(31-15-32-26(22)37)36-27(38)17-7-4-3-5-8-17/h3-5,7-8,10-11,13,15-16,21,23-24,28,39H,6,9,12,14H2,1-2H3,(H,31,32,36,38)/t21-,23-,24-,28-/m1/s1. The smallest absolute Gasteiger partial charge is 0.256 e. The number of carbonyl (C=O) groups excluding carboxylic acids is 1. The number of amides is 1. The lowest BCUT2D eigenvalue weighted by atomic mass is 10.1. The Morgan fingerprint density at radius 2 is 1.98 bits per heavy atom. The van der Waals surface area contributed by atoms with Gasteiger partial charge in [-0.05, 0) is 51.0 Å². The number of fused-ring (bicyclic) bond motifs is 2. The predicted octanol–water partition coefficient (Wildman–Crippen LogP) is 3.49. The number of nitrogens with zero attached hydrogens (tertiary/aromatic N) is 6. The summed E-state index contributed by atoms with van der Waals surface area (Å²) >= 11 is 0. The van der Waals surface area contributed by atoms with Gasteiger partial charge >= 0.3 is 0 Å². The van der Waals surface area contributed by atoms with E-state index in [1.54, 1.807) is 41.2 Å². The van der Waals surface area contributed by atoms with Crippen molar-refractivity contribution in [3.8, 4) is 0 Å². The van der Waals surface area contributed by atoms with Gasteiger partial charge in [0.2, 0.25) is 0 Å². The highest BCUT2D eigenvalue weighted by atomic mass is 19.1. The largest absolute Gasteiger partial charge is 0.411 e. The molecule has 43 heavy (non-hydrogen) atoms. The first-order valence-electron chi connectivity index (χ1n) is 13.8. The predicted molar refractivity (Wildman–Crippen MR) is 150 cm³/mol. The molecule has 14 heteroatoms. The number of hydrogen-bond donors (Lipinski definition) is 2. The topological polar surface area (TPSA) is 155 Å². The van der Waals surface area contributed by atoms with E-state index in [0.29, 0.717) is 41.9 Å². The second-order valence-corrected chi connectivity index (χ2v) is 10.6. The number of rotatable bonds is 10. The van der Waals surface area contributed by atoms with Gasteiger partial charge in [-0.2, -0.15) is 0 Å². The lowest BCUT2D eigenvalue weighted by Crippen LogP contribution is -2.33. The number of pyridine rings is 1. The Bertz CT molecular complexity index is 1630. The third kappa shape index (κ3) is 6.08. The van der Waals surface area contributed by atoms with Gasteiger partial charge in [0.15, 0.2) is 34.8 Å². The molecule has 4 atom stereocenters. The van der Waals surface area contributed by atoms with E-state index in [1.807, 2.05) is 19.9 Å². The van der Waals surface area contributed by atoms with Crippen LogP contribution in [0.1, 0.15) is 48.2 Å². The zero-order chi connectivity index (χ0) is 30.0. The molecule has 5 heterocycles. The molecule has 2 aliphatic heterocycles. The van der Waals surface area contributed by atoms with Gasteiger partial charge in [0.1, 0.15) is 30.3 Å². The van der Waals surface area contributed by atoms with E-state index in [1.165, 1.54) is 12.4 Å². The van der Waals surface area contributed by atoms with Crippen molar-refractivity contribution in [1.82, 2.24) is 24.5 Å². The highest BCUT2D eigenvalue weighted by Crippen LogP contribution is 2.44. The van der Waals surface area contributed by atoms with Gasteiger partial charge in [0.05, 0.1) is 19.1 Å². The minimum absolute atomic E-state index is 0.0265. The van der Waals surface area contributed by atoms with Crippen molar-refractivity contribution < 1.29 is 33.3 Å². The van der Waals surface area contributed by atoms with Gasteiger partial charge in [-0.25, -0.2) is 24.3 Å². The number of imidazole rings is 1. The molecule has 2 saturated heterocycles. The van der Waals surface area contributed by atoms with Crippen LogP contribution in [0.3, 0.4) is 0 Å². The van der Waals surface area contributed by atoms with Crippen LogP contribution in [-0.2, 0) is 25.4 Å². The van der Waals surface area contributed by atoms with Gasteiger partial charge < -0.3 is 29.5 Å². The molecule has 0 radical (unpaired) electrons. The molecule has 224 valence electrons. The maximum absolute atomic E-state index is 13.7. The van der Waals surface area contributed by atoms with Gasteiger partial charge in [0, 0.05) is 17.9 Å². The summed E-state index contributed by atoms with van der Waals surface area (Å²) in [7, 11) is 0. The third-order valence-electron chi connectivity index (χ3n) is 7.14. The Labute approximate surface area is 245 Å². The fraction of sp³-hybridized carbons (Fsp3) is 0.379. The zero-order valence-electron chi connectivity index (χ0n) is 23.5. The minimum Gasteiger partial charge on any atom is -0.411 e. The summed E-state index contributed by atoms with van der Waals surface area (Å²) in [6, 6.07) is 11.7. The summed E-state index contributed by atoms with van der Waals surface area (Å²) in [4.78, 5) is 30.1. The first-order valence-corrected chi connectivity index (χ1v) is 13.8. The number of oxime groups is 1. The summed E-state index contributed by atoms with van der Waals surface area (Å²) in [5.41, 5.74) is 2.00. The van der Waals surface area contributed by atoms with Crippen LogP contribution >= 0.6 is 0 Å². The van der Waals surface area contributed by atoms with Crippen molar-refractivity contribution in [2.45, 2.75) is 57.0 Å². The molecule has 0 aliphatic carbocycles. The molecular weight excluding hydrogens is 561 g/mol. The average molecular weight is 592 g/mol. The maximum Gasteiger partial charge on any atom is 0.256 e. The SMILES string of the molecule is CC1(C)O[C@@H]2[C@H](O1)[C@@H](COCCCc1ccc(F)c(C=NO)n1)O[C@H]2n1cnc2c(NC(=O)c3ccccc3)ncnc21. The fourth-order valence-corrected chi connectivity index (χ4v) is 5.26. The molecule has 1 aromatic carbocycles. The summed E-state index contributed by atoms with van der Waals surface area (Å²) in [5, 5.41) is 14.3. The van der Waals surface area contributed by atoms with E-state index in [-0.39, 0.29) is 24.0 Å². The van der Waals surface area contributed by atoms with E-state index in [0.717, 1.165) is 6.21 Å². The first-order chi connectivity index (χ1) is 20.8. The zero-order valence-corrected chi connectivity index (χ0v) is 23.5. The quantitative estimate of drug-likeness (QED) is 0.121. The normalized spacial score (nSPS) is 22.8. The molecule has 1 amide bonds. The number of carbonyl (C=O) groups is 1. The molecule has 6 rings (SSSR count). The third-order valence-corrected chi connectivity index (χ3v) is 7.14. The lowest BCUT2D eigenvalue weighted by molar-refractivity contribution is -0.201. The lowest BCUT2D eigenvalue weighted by Gasteiger charge is -2.24. The molecule has 0 saturated carbocycles. The van der Waals surface area contributed by atoms with Gasteiger partial charge in [-0.1, -0.05) is 23.4 Å². The van der Waals surface area contributed by atoms with E-state index in [2.05, 4.69) is 30.4 Å². The molecule has 4 aromatic rings. The highest BCUT2D eigenvalue weighted by Gasteiger charge is 2.56. The van der Waals surface area contributed by atoms with Crippen molar-refractivity contribution >= 4 is 29.1 Å². The number of nitrogens with one attached hydrogen (secondary N) is 1. The second-order valence-electron chi connectivity index (χ2n) is 10.6. The van der Waals surface area contributed by atoms with Crippen molar-refractivity contribution in [3.05, 3.63) is 77.9 Å². The van der Waals surface area contributed by atoms with Crippen LogP contribution in [0.15, 0.2) is 60.3 Å². The number of aryl methyl sites for hydroxylation is 1. The average Bonchev–Trinajstić information content (AvgIpc) is 3.66. The van der Waals surface area contributed by atoms with Crippen molar-refractivity contribution in [1.29, 1.82) is 0 Å². The van der Waals surface area contributed by atoms with Gasteiger partial charge in [-0.15, -0.1) is 0 Å². The van der Waals surface area contributed by atoms with Crippen LogP contribution in [0.2, 0.25) is 0 Å². The molecule has 2 N–H and O–H groups in total. The highest BCUT2D eigenvalue weighted by molar-refractivity contribution is 6.06. The van der Waals surface area contributed by atoms with E-state index >= 15 is 0 Å². The van der Waals surface area contributed by atoms with E-state index < -0.39 is 36.1 Å². The monoisotopic (exact) mass is 591 g/mol. The Morgan fingerprint density at radius 3 is 2.79 bits per heavy atom. The van der Waals surface area contributed by atoms with E-state index in [4.69, 9.17) is 24.2 Å². The van der Waals surface area contributed by atoms with Crippen LogP contribution in [0.4, 0.5) is 10.2 Å². The van der Waals surface area contributed by atoms with E-state index in [9.17, 15) is 9.18 Å². The summed E-state index contributed by atoms with van der Waals surface area (Å²) < 4.78 is 40.3. The maximum atomic E-state index is 13.7. The van der Waals surface area contributed by atoms with Gasteiger partial charge in [-0.3, -0.25) is 9.36 Å². The number of hydrogen-bond acceptors (Lipinski definition) is 11. The number of aromatic nitrogens is 5. The molecule has 0 bridgehead atoms. The second kappa shape index (κ2) is 12.1. The number of ether oxygens (including phenoxy) is 4. The number of halogens is 1. The molecule has 0 spiro atoms. The summed E-state index contributed by atoms with van der Waals surface area (Å²) in [5.74, 6) is -1.43. The Balaban J connectivity index is 1.12. The molecular formula is C29H30FN7O6. The van der Waals surface area contributed by atoms with Crippen LogP contribution in [-0.4, -0.2) is 79.1 Å².